The maximum atomic E-state index is 5.65. The van der Waals surface area contributed by atoms with E-state index in [1.54, 1.807) is 0 Å². The Morgan fingerprint density at radius 3 is 3.07 bits per heavy atom. The number of ether oxygens (including phenoxy) is 1. The molecule has 78 valence electrons. The second-order valence-corrected chi connectivity index (χ2v) is 4.08. The molecule has 2 nitrogen and oxygen atoms in total. The van der Waals surface area contributed by atoms with Gasteiger partial charge >= 0.3 is 0 Å². The third kappa shape index (κ3) is 1.55. The van der Waals surface area contributed by atoms with E-state index in [1.165, 1.54) is 11.1 Å². The molecule has 2 heteroatoms. The van der Waals surface area contributed by atoms with Crippen molar-refractivity contribution < 1.29 is 4.74 Å². The van der Waals surface area contributed by atoms with Gasteiger partial charge in [0.15, 0.2) is 0 Å². The van der Waals surface area contributed by atoms with Crippen LogP contribution in [0.25, 0.3) is 0 Å². The van der Waals surface area contributed by atoms with E-state index < -0.39 is 0 Å². The first kappa shape index (κ1) is 8.98. The van der Waals surface area contributed by atoms with E-state index >= 15 is 0 Å². The summed E-state index contributed by atoms with van der Waals surface area (Å²) < 4.78 is 5.65. The molecular formula is C13H15NO. The van der Waals surface area contributed by atoms with Gasteiger partial charge in [0, 0.05) is 13.0 Å². The fraction of sp³-hybridized carbons (Fsp3) is 0.385. The van der Waals surface area contributed by atoms with Crippen molar-refractivity contribution in [3.8, 4) is 0 Å². The molecule has 0 saturated carbocycles. The van der Waals surface area contributed by atoms with Crippen LogP contribution in [-0.4, -0.2) is 13.2 Å². The van der Waals surface area contributed by atoms with Gasteiger partial charge in [0.1, 0.15) is 5.76 Å². The first-order chi connectivity index (χ1) is 7.45. The van der Waals surface area contributed by atoms with Gasteiger partial charge in [-0.25, -0.2) is 0 Å². The van der Waals surface area contributed by atoms with Gasteiger partial charge in [0.25, 0.3) is 0 Å². The molecule has 0 bridgehead atoms. The molecule has 15 heavy (non-hydrogen) atoms. The Kier molecular flexibility index (Phi) is 2.22. The lowest BCUT2D eigenvalue weighted by Gasteiger charge is -2.27. The van der Waals surface area contributed by atoms with Crippen molar-refractivity contribution in [3.63, 3.8) is 0 Å². The Hall–Kier alpha value is -1.28. The first-order valence-electron chi connectivity index (χ1n) is 5.59. The zero-order chi connectivity index (χ0) is 10.1. The molecule has 1 aromatic carbocycles. The minimum absolute atomic E-state index is 0.289. The molecule has 0 aromatic heterocycles. The van der Waals surface area contributed by atoms with Crippen LogP contribution < -0.4 is 5.32 Å². The number of hydrogen-bond acceptors (Lipinski definition) is 2. The summed E-state index contributed by atoms with van der Waals surface area (Å²) in [5.74, 6) is 1.11. The molecule has 1 unspecified atom stereocenters. The van der Waals surface area contributed by atoms with Crippen molar-refractivity contribution >= 4 is 0 Å². The molecule has 1 N–H and O–H groups in total. The van der Waals surface area contributed by atoms with Gasteiger partial charge in [-0.2, -0.15) is 0 Å². The number of benzene rings is 1. The first-order valence-corrected chi connectivity index (χ1v) is 5.59. The highest BCUT2D eigenvalue weighted by Crippen LogP contribution is 2.31. The zero-order valence-electron chi connectivity index (χ0n) is 8.70. The molecule has 2 heterocycles. The van der Waals surface area contributed by atoms with Crippen molar-refractivity contribution in [2.45, 2.75) is 18.9 Å². The zero-order valence-corrected chi connectivity index (χ0v) is 8.70. The molecular weight excluding hydrogens is 186 g/mol. The van der Waals surface area contributed by atoms with Crippen LogP contribution in [0.4, 0.5) is 0 Å². The topological polar surface area (TPSA) is 21.3 Å². The van der Waals surface area contributed by atoms with Crippen LogP contribution in [0.1, 0.15) is 23.6 Å². The second kappa shape index (κ2) is 3.70. The molecule has 2 aliphatic rings. The minimum atomic E-state index is 0.289. The molecule has 0 spiro atoms. The largest absolute Gasteiger partial charge is 0.496 e. The van der Waals surface area contributed by atoms with Crippen LogP contribution >= 0.6 is 0 Å². The van der Waals surface area contributed by atoms with E-state index in [4.69, 9.17) is 4.74 Å². The maximum Gasteiger partial charge on any atom is 0.114 e. The van der Waals surface area contributed by atoms with Crippen LogP contribution in [0, 0.1) is 0 Å². The lowest BCUT2D eigenvalue weighted by Crippen LogP contribution is -2.31. The predicted octanol–water partition coefficient (Wildman–Crippen LogP) is 2.18. The van der Waals surface area contributed by atoms with Crippen LogP contribution in [-0.2, 0) is 11.2 Å². The Labute approximate surface area is 89.9 Å². The van der Waals surface area contributed by atoms with E-state index in [0.717, 1.165) is 31.8 Å². The van der Waals surface area contributed by atoms with Crippen LogP contribution in [0.15, 0.2) is 36.1 Å². The van der Waals surface area contributed by atoms with Gasteiger partial charge in [0.05, 0.1) is 12.6 Å². The highest BCUT2D eigenvalue weighted by molar-refractivity contribution is 5.36. The fourth-order valence-electron chi connectivity index (χ4n) is 2.40. The quantitative estimate of drug-likeness (QED) is 0.752. The summed E-state index contributed by atoms with van der Waals surface area (Å²) in [7, 11) is 0. The lowest BCUT2D eigenvalue weighted by atomic mass is 9.93. The van der Waals surface area contributed by atoms with Crippen LogP contribution in [0.5, 0.6) is 0 Å². The van der Waals surface area contributed by atoms with E-state index in [9.17, 15) is 0 Å². The van der Waals surface area contributed by atoms with Gasteiger partial charge in [-0.1, -0.05) is 24.3 Å². The molecule has 0 fully saturated rings. The molecule has 0 radical (unpaired) electrons. The Morgan fingerprint density at radius 2 is 2.20 bits per heavy atom. The molecule has 0 aliphatic carbocycles. The van der Waals surface area contributed by atoms with E-state index in [1.807, 2.05) is 0 Å². The maximum absolute atomic E-state index is 5.65. The van der Waals surface area contributed by atoms with Gasteiger partial charge in [-0.15, -0.1) is 0 Å². The van der Waals surface area contributed by atoms with Crippen molar-refractivity contribution in [2.24, 2.45) is 0 Å². The summed E-state index contributed by atoms with van der Waals surface area (Å²) in [5.41, 5.74) is 2.84. The number of hydrogen-bond donors (Lipinski definition) is 1. The summed E-state index contributed by atoms with van der Waals surface area (Å²) in [6.45, 7) is 1.89. The van der Waals surface area contributed by atoms with Crippen molar-refractivity contribution in [1.82, 2.24) is 5.32 Å². The van der Waals surface area contributed by atoms with Crippen molar-refractivity contribution in [3.05, 3.63) is 47.2 Å². The molecule has 0 saturated heterocycles. The third-order valence-corrected chi connectivity index (χ3v) is 3.13. The molecule has 2 aliphatic heterocycles. The average molecular weight is 201 g/mol. The van der Waals surface area contributed by atoms with E-state index in [0.29, 0.717) is 0 Å². The molecule has 1 aromatic rings. The third-order valence-electron chi connectivity index (χ3n) is 3.13. The highest BCUT2D eigenvalue weighted by Gasteiger charge is 2.25. The Balaban J connectivity index is 1.98. The highest BCUT2D eigenvalue weighted by atomic mass is 16.5. The number of nitrogens with one attached hydrogen (secondary N) is 1. The molecule has 1 atom stereocenters. The molecule has 0 amide bonds. The van der Waals surface area contributed by atoms with Gasteiger partial charge < -0.3 is 10.1 Å². The second-order valence-electron chi connectivity index (χ2n) is 4.08. The molecule has 3 rings (SSSR count). The van der Waals surface area contributed by atoms with E-state index in [-0.39, 0.29) is 6.04 Å². The van der Waals surface area contributed by atoms with Gasteiger partial charge in [-0.3, -0.25) is 0 Å². The smallest absolute Gasteiger partial charge is 0.114 e. The van der Waals surface area contributed by atoms with Crippen LogP contribution in [0.3, 0.4) is 0 Å². The number of fused-ring (bicyclic) bond motifs is 1. The van der Waals surface area contributed by atoms with Gasteiger partial charge in [0.2, 0.25) is 0 Å². The van der Waals surface area contributed by atoms with Crippen LogP contribution in [0.2, 0.25) is 0 Å². The standard InChI is InChI=1S/C13H15NO/c1-2-5-11-10(4-1)7-8-14-13(11)12-6-3-9-15-12/h1-2,4-6,13-14H,3,7-9H2. The number of rotatable bonds is 1. The van der Waals surface area contributed by atoms with Crippen molar-refractivity contribution in [2.75, 3.05) is 13.2 Å². The Morgan fingerprint density at radius 1 is 1.27 bits per heavy atom. The summed E-state index contributed by atoms with van der Waals surface area (Å²) in [6.07, 6.45) is 4.38. The Bertz CT molecular complexity index is 397. The summed E-state index contributed by atoms with van der Waals surface area (Å²) in [5, 5.41) is 3.52. The normalized spacial score (nSPS) is 24.3. The summed E-state index contributed by atoms with van der Waals surface area (Å²) in [6, 6.07) is 8.93. The lowest BCUT2D eigenvalue weighted by molar-refractivity contribution is 0.213. The van der Waals surface area contributed by atoms with Crippen molar-refractivity contribution in [1.29, 1.82) is 0 Å². The minimum Gasteiger partial charge on any atom is -0.496 e. The monoisotopic (exact) mass is 201 g/mol. The SMILES string of the molecule is C1=C(C2NCCc3ccccc32)OCC1. The summed E-state index contributed by atoms with van der Waals surface area (Å²) >= 11 is 0. The van der Waals surface area contributed by atoms with E-state index in [2.05, 4.69) is 35.7 Å². The average Bonchev–Trinajstić information content (AvgIpc) is 2.82. The fourth-order valence-corrected chi connectivity index (χ4v) is 2.40. The van der Waals surface area contributed by atoms with Gasteiger partial charge in [-0.05, 0) is 23.6 Å². The predicted molar refractivity (Wildman–Crippen MR) is 59.5 cm³/mol. The summed E-state index contributed by atoms with van der Waals surface area (Å²) in [4.78, 5) is 0.